The van der Waals surface area contributed by atoms with Crippen LogP contribution in [0.25, 0.3) is 0 Å². The Morgan fingerprint density at radius 3 is 1.45 bits per heavy atom. The van der Waals surface area contributed by atoms with Crippen molar-refractivity contribution in [3.63, 3.8) is 0 Å². The Kier molecular flexibility index (Phi) is 11.0. The maximum atomic E-state index is 11.7. The molecule has 0 aromatic heterocycles. The van der Waals surface area contributed by atoms with E-state index in [9.17, 15) is 9.59 Å². The van der Waals surface area contributed by atoms with Crippen molar-refractivity contribution in [3.05, 3.63) is 0 Å². The predicted octanol–water partition coefficient (Wildman–Crippen LogP) is 0.321. The first kappa shape index (κ1) is 18.9. The highest BCUT2D eigenvalue weighted by Crippen LogP contribution is 2.01. The molecule has 0 spiro atoms. The van der Waals surface area contributed by atoms with Crippen molar-refractivity contribution in [2.24, 2.45) is 0 Å². The summed E-state index contributed by atoms with van der Waals surface area (Å²) in [4.78, 5) is 23.4. The first-order valence-corrected chi connectivity index (χ1v) is 7.42. The molecule has 0 rings (SSSR count). The van der Waals surface area contributed by atoms with Crippen molar-refractivity contribution in [2.45, 2.75) is 64.5 Å². The molecule has 0 aromatic rings. The molecule has 0 saturated carbocycles. The van der Waals surface area contributed by atoms with E-state index in [-0.39, 0.29) is 13.2 Å². The summed E-state index contributed by atoms with van der Waals surface area (Å²) in [5.41, 5.74) is 0. The average molecular weight is 288 g/mol. The fourth-order valence-electron chi connectivity index (χ4n) is 1.82. The number of aliphatic hydroxyl groups is 2. The smallest absolute Gasteiger partial charge is 0.309 e. The lowest BCUT2D eigenvalue weighted by molar-refractivity contribution is -0.140. The van der Waals surface area contributed by atoms with Crippen LogP contribution in [0.15, 0.2) is 0 Å². The van der Waals surface area contributed by atoms with E-state index >= 15 is 0 Å². The first-order chi connectivity index (χ1) is 9.58. The number of nitrogens with one attached hydrogen (secondary N) is 2. The highest BCUT2D eigenvalue weighted by molar-refractivity contribution is 6.35. The van der Waals surface area contributed by atoms with Gasteiger partial charge in [-0.2, -0.15) is 0 Å². The minimum atomic E-state index is -0.755. The van der Waals surface area contributed by atoms with Crippen LogP contribution >= 0.6 is 0 Å². The molecule has 0 aliphatic carbocycles. The van der Waals surface area contributed by atoms with Crippen molar-refractivity contribution >= 4 is 11.8 Å². The van der Waals surface area contributed by atoms with Crippen molar-refractivity contribution in [2.75, 3.05) is 13.2 Å². The second-order valence-corrected chi connectivity index (χ2v) is 4.99. The summed E-state index contributed by atoms with van der Waals surface area (Å²) in [5, 5.41) is 23.3. The summed E-state index contributed by atoms with van der Waals surface area (Å²) in [6.07, 6.45) is 4.96. The maximum Gasteiger partial charge on any atom is 0.309 e. The van der Waals surface area contributed by atoms with Gasteiger partial charge in [-0.05, 0) is 12.8 Å². The Labute approximate surface area is 120 Å². The van der Waals surface area contributed by atoms with Crippen LogP contribution in [0.5, 0.6) is 0 Å². The lowest BCUT2D eigenvalue weighted by Gasteiger charge is -2.18. The van der Waals surface area contributed by atoms with Gasteiger partial charge < -0.3 is 20.8 Å². The zero-order valence-corrected chi connectivity index (χ0v) is 12.5. The second-order valence-electron chi connectivity index (χ2n) is 4.99. The van der Waals surface area contributed by atoms with E-state index in [1.54, 1.807) is 0 Å². The van der Waals surface area contributed by atoms with Crippen LogP contribution in [0.4, 0.5) is 0 Å². The highest BCUT2D eigenvalue weighted by Gasteiger charge is 2.20. The van der Waals surface area contributed by atoms with E-state index in [1.165, 1.54) is 0 Å². The highest BCUT2D eigenvalue weighted by atomic mass is 16.3. The van der Waals surface area contributed by atoms with Crippen LogP contribution in [-0.4, -0.2) is 47.3 Å². The normalized spacial score (nSPS) is 13.6. The van der Waals surface area contributed by atoms with Crippen LogP contribution in [0.1, 0.15) is 52.4 Å². The number of carbonyl (C=O) groups excluding carboxylic acids is 2. The molecular formula is C14H28N2O4. The molecule has 6 nitrogen and oxygen atoms in total. The summed E-state index contributed by atoms with van der Waals surface area (Å²) in [5.74, 6) is -1.51. The van der Waals surface area contributed by atoms with E-state index in [2.05, 4.69) is 10.6 Å². The van der Waals surface area contributed by atoms with Gasteiger partial charge >= 0.3 is 11.8 Å². The van der Waals surface area contributed by atoms with Gasteiger partial charge in [-0.25, -0.2) is 0 Å². The second kappa shape index (κ2) is 11.7. The lowest BCUT2D eigenvalue weighted by Crippen LogP contribution is -2.49. The quantitative estimate of drug-likeness (QED) is 0.435. The van der Waals surface area contributed by atoms with E-state index in [0.29, 0.717) is 12.8 Å². The Balaban J connectivity index is 4.20. The topological polar surface area (TPSA) is 98.7 Å². The third kappa shape index (κ3) is 8.12. The maximum absolute atomic E-state index is 11.7. The molecule has 0 aliphatic heterocycles. The number of unbranched alkanes of at least 4 members (excludes halogenated alkanes) is 2. The van der Waals surface area contributed by atoms with Gasteiger partial charge in [0, 0.05) is 0 Å². The first-order valence-electron chi connectivity index (χ1n) is 7.42. The molecule has 0 heterocycles. The van der Waals surface area contributed by atoms with Gasteiger partial charge in [-0.15, -0.1) is 0 Å². The van der Waals surface area contributed by atoms with Crippen LogP contribution in [0.2, 0.25) is 0 Å². The molecule has 0 bridgehead atoms. The molecule has 2 amide bonds. The summed E-state index contributed by atoms with van der Waals surface area (Å²) < 4.78 is 0. The molecule has 6 heteroatoms. The number of aliphatic hydroxyl groups excluding tert-OH is 2. The standard InChI is InChI=1S/C14H28N2O4/c1-3-5-7-11(9-17)15-13(19)14(20)16-12(10-18)8-6-4-2/h11-12,17-18H,3-10H2,1-2H3,(H,15,19)(H,16,20)/t11-,12+. The summed E-state index contributed by atoms with van der Waals surface area (Å²) >= 11 is 0. The lowest BCUT2D eigenvalue weighted by atomic mass is 10.1. The summed E-state index contributed by atoms with van der Waals surface area (Å²) in [6.45, 7) is 3.67. The van der Waals surface area contributed by atoms with Crippen molar-refractivity contribution in [1.29, 1.82) is 0 Å². The van der Waals surface area contributed by atoms with Gasteiger partial charge in [-0.1, -0.05) is 39.5 Å². The molecule has 0 radical (unpaired) electrons. The third-order valence-electron chi connectivity index (χ3n) is 3.13. The van der Waals surface area contributed by atoms with Gasteiger partial charge in [0.15, 0.2) is 0 Å². The molecule has 0 aromatic carbocycles. The zero-order valence-electron chi connectivity index (χ0n) is 12.5. The van der Waals surface area contributed by atoms with E-state index in [0.717, 1.165) is 25.7 Å². The van der Waals surface area contributed by atoms with E-state index in [4.69, 9.17) is 10.2 Å². The number of amides is 2. The van der Waals surface area contributed by atoms with Crippen molar-refractivity contribution in [1.82, 2.24) is 10.6 Å². The number of hydrogen-bond donors (Lipinski definition) is 4. The molecule has 2 atom stereocenters. The van der Waals surface area contributed by atoms with Crippen LogP contribution in [-0.2, 0) is 9.59 Å². The van der Waals surface area contributed by atoms with Gasteiger partial charge in [0.05, 0.1) is 25.3 Å². The summed E-state index contributed by atoms with van der Waals surface area (Å²) in [6, 6.07) is -0.784. The minimum absolute atomic E-state index is 0.182. The molecule has 20 heavy (non-hydrogen) atoms. The van der Waals surface area contributed by atoms with E-state index < -0.39 is 23.9 Å². The van der Waals surface area contributed by atoms with Crippen LogP contribution in [0.3, 0.4) is 0 Å². The average Bonchev–Trinajstić information content (AvgIpc) is 2.47. The Bertz CT molecular complexity index is 256. The largest absolute Gasteiger partial charge is 0.394 e. The fourth-order valence-corrected chi connectivity index (χ4v) is 1.82. The summed E-state index contributed by atoms with van der Waals surface area (Å²) in [7, 11) is 0. The van der Waals surface area contributed by atoms with E-state index in [1.807, 2.05) is 13.8 Å². The molecule has 118 valence electrons. The van der Waals surface area contributed by atoms with Gasteiger partial charge in [0.25, 0.3) is 0 Å². The van der Waals surface area contributed by atoms with Crippen molar-refractivity contribution in [3.8, 4) is 0 Å². The monoisotopic (exact) mass is 288 g/mol. The number of hydrogen-bond acceptors (Lipinski definition) is 4. The van der Waals surface area contributed by atoms with Crippen molar-refractivity contribution < 1.29 is 19.8 Å². The zero-order chi connectivity index (χ0) is 15.4. The fraction of sp³-hybridized carbons (Fsp3) is 0.857. The molecule has 0 aliphatic rings. The minimum Gasteiger partial charge on any atom is -0.394 e. The third-order valence-corrected chi connectivity index (χ3v) is 3.13. The molecule has 0 fully saturated rings. The molecule has 0 saturated heterocycles. The molecular weight excluding hydrogens is 260 g/mol. The molecule has 4 N–H and O–H groups in total. The molecule has 0 unspecified atom stereocenters. The Morgan fingerprint density at radius 2 is 1.20 bits per heavy atom. The Hall–Kier alpha value is -1.14. The van der Waals surface area contributed by atoms with Crippen LogP contribution < -0.4 is 10.6 Å². The van der Waals surface area contributed by atoms with Gasteiger partial charge in [-0.3, -0.25) is 9.59 Å². The number of rotatable bonds is 10. The van der Waals surface area contributed by atoms with Gasteiger partial charge in [0.2, 0.25) is 0 Å². The Morgan fingerprint density at radius 1 is 0.850 bits per heavy atom. The van der Waals surface area contributed by atoms with Gasteiger partial charge in [0.1, 0.15) is 0 Å². The number of carbonyl (C=O) groups is 2. The SMILES string of the molecule is CCCC[C@@H](CO)NC(=O)C(=O)N[C@@H](CO)CCCC. The predicted molar refractivity (Wildman–Crippen MR) is 77.1 cm³/mol. The van der Waals surface area contributed by atoms with Crippen LogP contribution in [0, 0.1) is 0 Å².